The Morgan fingerprint density at radius 3 is 2.38 bits per heavy atom. The van der Waals surface area contributed by atoms with Crippen molar-refractivity contribution in [3.63, 3.8) is 0 Å². The number of hydrogen-bond acceptors (Lipinski definition) is 6. The molecule has 3 aliphatic rings. The van der Waals surface area contributed by atoms with Crippen LogP contribution in [0.3, 0.4) is 0 Å². The van der Waals surface area contributed by atoms with E-state index >= 15 is 0 Å². The molecule has 0 spiro atoms. The minimum absolute atomic E-state index is 0.172. The Morgan fingerprint density at radius 2 is 1.68 bits per heavy atom. The number of benzene rings is 2. The molecular weight excluding hydrogens is 584 g/mol. The van der Waals surface area contributed by atoms with E-state index in [1.54, 1.807) is 18.4 Å². The summed E-state index contributed by atoms with van der Waals surface area (Å²) >= 11 is 5.49. The molecule has 7 heteroatoms. The Bertz CT molecular complexity index is 1420. The van der Waals surface area contributed by atoms with Gasteiger partial charge in [0.15, 0.2) is 5.78 Å². The molecule has 1 unspecified atom stereocenters. The van der Waals surface area contributed by atoms with Crippen molar-refractivity contribution in [2.45, 2.75) is 32.1 Å². The van der Waals surface area contributed by atoms with Crippen LogP contribution in [0.1, 0.15) is 42.5 Å². The van der Waals surface area contributed by atoms with E-state index < -0.39 is 0 Å². The summed E-state index contributed by atoms with van der Waals surface area (Å²) in [6.07, 6.45) is 10.1. The number of ketones is 1. The standard InChI is InChI=1S/C33H37BrN2O3S/c1-38-27-12-13-28-30(21-27)40-33(23-8-10-26(11-9-23)39-19-18-35-14-2-3-15-35)31(28)32(37)24-6-7-25(29(34)20-24)22-36-16-4-5-17-36/h6-13,21,24H,2-5,14-20,22H2,1H3. The quantitative estimate of drug-likeness (QED) is 0.219. The molecule has 0 bridgehead atoms. The maximum Gasteiger partial charge on any atom is 0.172 e. The molecule has 3 heterocycles. The number of hydrogen-bond donors (Lipinski definition) is 0. The van der Waals surface area contributed by atoms with Gasteiger partial charge in [-0.1, -0.05) is 28.1 Å². The zero-order valence-electron chi connectivity index (χ0n) is 23.2. The van der Waals surface area contributed by atoms with Gasteiger partial charge < -0.3 is 9.47 Å². The fourth-order valence-electron chi connectivity index (χ4n) is 6.05. The second kappa shape index (κ2) is 12.6. The lowest BCUT2D eigenvalue weighted by atomic mass is 9.87. The summed E-state index contributed by atoms with van der Waals surface area (Å²) in [5.41, 5.74) is 3.15. The minimum atomic E-state index is -0.191. The predicted molar refractivity (Wildman–Crippen MR) is 168 cm³/mol. The van der Waals surface area contributed by atoms with Gasteiger partial charge in [0.1, 0.15) is 18.1 Å². The molecule has 0 amide bonds. The van der Waals surface area contributed by atoms with Gasteiger partial charge in [-0.15, -0.1) is 11.3 Å². The Labute approximate surface area is 249 Å². The van der Waals surface area contributed by atoms with Crippen LogP contribution in [0.2, 0.25) is 0 Å². The average Bonchev–Trinajstić information content (AvgIpc) is 3.75. The molecule has 2 aromatic carbocycles. The normalized spacial score (nSPS) is 20.1. The molecule has 40 heavy (non-hydrogen) atoms. The highest BCUT2D eigenvalue weighted by molar-refractivity contribution is 9.11. The van der Waals surface area contributed by atoms with Gasteiger partial charge in [0.25, 0.3) is 0 Å². The number of carbonyl (C=O) groups is 1. The number of fused-ring (bicyclic) bond motifs is 1. The van der Waals surface area contributed by atoms with E-state index in [1.807, 2.05) is 30.3 Å². The zero-order valence-corrected chi connectivity index (χ0v) is 25.6. The maximum absolute atomic E-state index is 14.2. The Balaban J connectivity index is 1.24. The molecule has 5 nitrogen and oxygen atoms in total. The molecule has 2 saturated heterocycles. The van der Waals surface area contributed by atoms with Crippen LogP contribution >= 0.6 is 27.3 Å². The fraction of sp³-hybridized carbons (Fsp3) is 0.424. The number of methoxy groups -OCH3 is 1. The largest absolute Gasteiger partial charge is 0.497 e. The smallest absolute Gasteiger partial charge is 0.172 e. The topological polar surface area (TPSA) is 42.0 Å². The van der Waals surface area contributed by atoms with Crippen LogP contribution < -0.4 is 9.47 Å². The minimum Gasteiger partial charge on any atom is -0.497 e. The summed E-state index contributed by atoms with van der Waals surface area (Å²) in [5.74, 6) is 1.65. The average molecular weight is 622 g/mol. The number of allylic oxidation sites excluding steroid dienone is 2. The summed E-state index contributed by atoms with van der Waals surface area (Å²) in [5, 5.41) is 0.994. The van der Waals surface area contributed by atoms with Crippen molar-refractivity contribution in [2.24, 2.45) is 5.92 Å². The molecule has 0 N–H and O–H groups in total. The first-order valence-electron chi connectivity index (χ1n) is 14.5. The van der Waals surface area contributed by atoms with Gasteiger partial charge in [-0.2, -0.15) is 0 Å². The summed E-state index contributed by atoms with van der Waals surface area (Å²) in [7, 11) is 1.68. The molecule has 1 aromatic heterocycles. The van der Waals surface area contributed by atoms with Crippen LogP contribution in [0.5, 0.6) is 11.5 Å². The van der Waals surface area contributed by atoms with Crippen molar-refractivity contribution in [3.05, 3.63) is 70.2 Å². The number of nitrogens with zero attached hydrogens (tertiary/aromatic N) is 2. The molecule has 2 aliphatic heterocycles. The van der Waals surface area contributed by atoms with Crippen molar-refractivity contribution in [2.75, 3.05) is 53.0 Å². The lowest BCUT2D eigenvalue weighted by molar-refractivity contribution is 0.0947. The number of carbonyl (C=O) groups excluding carboxylic acids is 1. The number of halogens is 1. The highest BCUT2D eigenvalue weighted by Gasteiger charge is 2.29. The van der Waals surface area contributed by atoms with Crippen molar-refractivity contribution >= 4 is 43.1 Å². The molecule has 0 saturated carbocycles. The molecule has 6 rings (SSSR count). The van der Waals surface area contributed by atoms with Gasteiger partial charge in [0, 0.05) is 44.0 Å². The van der Waals surface area contributed by atoms with Crippen molar-refractivity contribution < 1.29 is 14.3 Å². The van der Waals surface area contributed by atoms with E-state index in [-0.39, 0.29) is 11.7 Å². The van der Waals surface area contributed by atoms with Gasteiger partial charge in [-0.05, 0) is 112 Å². The van der Waals surface area contributed by atoms with E-state index in [0.29, 0.717) is 13.0 Å². The number of rotatable bonds is 10. The van der Waals surface area contributed by atoms with Gasteiger partial charge in [-0.25, -0.2) is 0 Å². The first-order valence-corrected chi connectivity index (χ1v) is 16.1. The SMILES string of the molecule is COc1ccc2c(C(=O)C3C=CC(CN4CCCC4)=C(Br)C3)c(-c3ccc(OCCN4CCCC4)cc3)sc2c1. The van der Waals surface area contributed by atoms with Crippen LogP contribution in [0.25, 0.3) is 20.5 Å². The third-order valence-corrected chi connectivity index (χ3v) is 10.4. The first kappa shape index (κ1) is 27.7. The van der Waals surface area contributed by atoms with Crippen LogP contribution in [0, 0.1) is 5.92 Å². The second-order valence-corrected chi connectivity index (χ2v) is 13.0. The Morgan fingerprint density at radius 1 is 0.975 bits per heavy atom. The van der Waals surface area contributed by atoms with E-state index in [0.717, 1.165) is 68.3 Å². The molecule has 210 valence electrons. The molecule has 1 aliphatic carbocycles. The van der Waals surface area contributed by atoms with Crippen LogP contribution in [-0.2, 0) is 0 Å². The van der Waals surface area contributed by atoms with Crippen molar-refractivity contribution in [3.8, 4) is 21.9 Å². The summed E-state index contributed by atoms with van der Waals surface area (Å²) in [6, 6.07) is 14.3. The Kier molecular flexibility index (Phi) is 8.73. The van der Waals surface area contributed by atoms with Gasteiger partial charge in [-0.3, -0.25) is 14.6 Å². The van der Waals surface area contributed by atoms with Crippen LogP contribution in [0.4, 0.5) is 0 Å². The number of thiophene rings is 1. The molecule has 2 fully saturated rings. The van der Waals surface area contributed by atoms with E-state index in [4.69, 9.17) is 9.47 Å². The number of likely N-dealkylation sites (tertiary alicyclic amines) is 2. The van der Waals surface area contributed by atoms with Crippen molar-refractivity contribution in [1.29, 1.82) is 0 Å². The van der Waals surface area contributed by atoms with Gasteiger partial charge in [0.05, 0.1) is 7.11 Å². The summed E-state index contributed by atoms with van der Waals surface area (Å²) in [4.78, 5) is 20.2. The monoisotopic (exact) mass is 620 g/mol. The lowest BCUT2D eigenvalue weighted by Crippen LogP contribution is -2.25. The lowest BCUT2D eigenvalue weighted by Gasteiger charge is -2.22. The summed E-state index contributed by atoms with van der Waals surface area (Å²) < 4.78 is 13.8. The third kappa shape index (κ3) is 6.08. The van der Waals surface area contributed by atoms with Crippen LogP contribution in [0.15, 0.2) is 64.7 Å². The highest BCUT2D eigenvalue weighted by atomic mass is 79.9. The van der Waals surface area contributed by atoms with E-state index in [2.05, 4.69) is 50.0 Å². The number of Topliss-reactive ketones (excluding diaryl/α,β-unsaturated/α-hetero) is 1. The number of ether oxygens (including phenoxy) is 2. The molecule has 1 atom stereocenters. The van der Waals surface area contributed by atoms with E-state index in [9.17, 15) is 4.79 Å². The first-order chi connectivity index (χ1) is 19.6. The maximum atomic E-state index is 14.2. The molecular formula is C33H37BrN2O3S. The third-order valence-electron chi connectivity index (χ3n) is 8.34. The summed E-state index contributed by atoms with van der Waals surface area (Å²) in [6.45, 7) is 7.30. The zero-order chi connectivity index (χ0) is 27.5. The Hall–Kier alpha value is -2.45. The van der Waals surface area contributed by atoms with Crippen LogP contribution in [-0.4, -0.2) is 68.6 Å². The van der Waals surface area contributed by atoms with Crippen molar-refractivity contribution in [1.82, 2.24) is 9.80 Å². The second-order valence-electron chi connectivity index (χ2n) is 11.0. The predicted octanol–water partition coefficient (Wildman–Crippen LogP) is 7.56. The van der Waals surface area contributed by atoms with E-state index in [1.165, 1.54) is 44.3 Å². The van der Waals surface area contributed by atoms with Gasteiger partial charge >= 0.3 is 0 Å². The highest BCUT2D eigenvalue weighted by Crippen LogP contribution is 2.43. The molecule has 0 radical (unpaired) electrons. The molecule has 3 aromatic rings. The fourth-order valence-corrected chi connectivity index (χ4v) is 7.90. The van der Waals surface area contributed by atoms with Gasteiger partial charge in [0.2, 0.25) is 0 Å².